The van der Waals surface area contributed by atoms with Crippen LogP contribution < -0.4 is 5.32 Å². The van der Waals surface area contributed by atoms with Gasteiger partial charge in [0, 0.05) is 18.3 Å². The van der Waals surface area contributed by atoms with Gasteiger partial charge in [0.1, 0.15) is 6.54 Å². The molecule has 1 heterocycles. The molecule has 1 N–H and O–H groups in total. The van der Waals surface area contributed by atoms with Gasteiger partial charge in [0.05, 0.1) is 6.54 Å². The number of amides is 2. The number of hydrogen-bond acceptors (Lipinski definition) is 5. The van der Waals surface area contributed by atoms with Crippen molar-refractivity contribution in [1.29, 1.82) is 0 Å². The van der Waals surface area contributed by atoms with E-state index in [1.807, 2.05) is 55.5 Å². The van der Waals surface area contributed by atoms with Gasteiger partial charge in [0.25, 0.3) is 0 Å². The number of likely N-dealkylation sites (N-methyl/N-ethyl adjacent to an activating group) is 1. The van der Waals surface area contributed by atoms with E-state index < -0.39 is 0 Å². The van der Waals surface area contributed by atoms with Crippen LogP contribution in [0.25, 0.3) is 11.4 Å². The number of rotatable bonds is 7. The van der Waals surface area contributed by atoms with Crippen molar-refractivity contribution in [3.63, 3.8) is 0 Å². The SMILES string of the molecule is CCc1ccc(-c2nnn(CC(=O)N(C)CC(=O)Nc3ccc(C)cc3)n2)cc1. The number of benzene rings is 2. The summed E-state index contributed by atoms with van der Waals surface area (Å²) in [6, 6.07) is 15.4. The van der Waals surface area contributed by atoms with Crippen LogP contribution in [0, 0.1) is 6.92 Å². The molecule has 150 valence electrons. The molecule has 0 spiro atoms. The number of carbonyl (C=O) groups excluding carboxylic acids is 2. The van der Waals surface area contributed by atoms with Gasteiger partial charge in [-0.15, -0.1) is 10.2 Å². The maximum Gasteiger partial charge on any atom is 0.246 e. The minimum Gasteiger partial charge on any atom is -0.335 e. The van der Waals surface area contributed by atoms with Crippen LogP contribution in [0.5, 0.6) is 0 Å². The van der Waals surface area contributed by atoms with Crippen LogP contribution >= 0.6 is 0 Å². The Kier molecular flexibility index (Phi) is 6.33. The van der Waals surface area contributed by atoms with E-state index in [-0.39, 0.29) is 24.9 Å². The molecule has 0 aliphatic heterocycles. The molecular formula is C21H24N6O2. The van der Waals surface area contributed by atoms with Gasteiger partial charge in [-0.1, -0.05) is 48.9 Å². The number of anilines is 1. The summed E-state index contributed by atoms with van der Waals surface area (Å²) in [5.41, 5.74) is 3.86. The highest BCUT2D eigenvalue weighted by atomic mass is 16.2. The molecule has 2 amide bonds. The highest BCUT2D eigenvalue weighted by Gasteiger charge is 2.16. The molecule has 0 atom stereocenters. The van der Waals surface area contributed by atoms with Crippen LogP contribution in [0.15, 0.2) is 48.5 Å². The largest absolute Gasteiger partial charge is 0.335 e. The molecule has 0 aliphatic carbocycles. The van der Waals surface area contributed by atoms with Crippen molar-refractivity contribution in [1.82, 2.24) is 25.1 Å². The third kappa shape index (κ3) is 5.47. The normalized spacial score (nSPS) is 10.6. The Balaban J connectivity index is 1.54. The van der Waals surface area contributed by atoms with Crippen LogP contribution in [-0.2, 0) is 22.6 Å². The van der Waals surface area contributed by atoms with Crippen molar-refractivity contribution < 1.29 is 9.59 Å². The van der Waals surface area contributed by atoms with Gasteiger partial charge in [-0.3, -0.25) is 9.59 Å². The average Bonchev–Trinajstić information content (AvgIpc) is 3.18. The molecule has 1 aromatic heterocycles. The molecule has 2 aromatic carbocycles. The second-order valence-electron chi connectivity index (χ2n) is 6.86. The average molecular weight is 392 g/mol. The van der Waals surface area contributed by atoms with Crippen molar-refractivity contribution in [2.24, 2.45) is 0 Å². The molecule has 3 aromatic rings. The first-order chi connectivity index (χ1) is 13.9. The Morgan fingerprint density at radius 1 is 1.07 bits per heavy atom. The predicted molar refractivity (Wildman–Crippen MR) is 110 cm³/mol. The number of tetrazole rings is 1. The van der Waals surface area contributed by atoms with E-state index in [1.54, 1.807) is 7.05 Å². The summed E-state index contributed by atoms with van der Waals surface area (Å²) >= 11 is 0. The Morgan fingerprint density at radius 3 is 2.41 bits per heavy atom. The molecule has 0 bridgehead atoms. The molecule has 0 radical (unpaired) electrons. The number of nitrogens with zero attached hydrogens (tertiary/aromatic N) is 5. The first kappa shape index (κ1) is 20.2. The minimum atomic E-state index is -0.283. The zero-order valence-corrected chi connectivity index (χ0v) is 16.8. The molecule has 29 heavy (non-hydrogen) atoms. The Labute approximate surface area is 169 Å². The zero-order chi connectivity index (χ0) is 20.8. The monoisotopic (exact) mass is 392 g/mol. The number of nitrogens with one attached hydrogen (secondary N) is 1. The lowest BCUT2D eigenvalue weighted by Crippen LogP contribution is -2.37. The van der Waals surface area contributed by atoms with Crippen molar-refractivity contribution in [3.8, 4) is 11.4 Å². The van der Waals surface area contributed by atoms with Gasteiger partial charge in [-0.05, 0) is 36.3 Å². The van der Waals surface area contributed by atoms with E-state index in [2.05, 4.69) is 27.7 Å². The van der Waals surface area contributed by atoms with Crippen LogP contribution in [0.1, 0.15) is 18.1 Å². The lowest BCUT2D eigenvalue weighted by molar-refractivity contribution is -0.134. The first-order valence-electron chi connectivity index (χ1n) is 9.42. The molecule has 8 heteroatoms. The molecule has 0 aliphatic rings. The maximum absolute atomic E-state index is 12.4. The van der Waals surface area contributed by atoms with E-state index >= 15 is 0 Å². The Hall–Kier alpha value is -3.55. The molecule has 8 nitrogen and oxygen atoms in total. The van der Waals surface area contributed by atoms with E-state index in [0.717, 1.165) is 17.5 Å². The summed E-state index contributed by atoms with van der Waals surface area (Å²) in [7, 11) is 1.57. The summed E-state index contributed by atoms with van der Waals surface area (Å²) < 4.78 is 0. The van der Waals surface area contributed by atoms with Gasteiger partial charge < -0.3 is 10.2 Å². The van der Waals surface area contributed by atoms with Gasteiger partial charge >= 0.3 is 0 Å². The lowest BCUT2D eigenvalue weighted by atomic mass is 10.1. The zero-order valence-electron chi connectivity index (χ0n) is 16.8. The maximum atomic E-state index is 12.4. The highest BCUT2D eigenvalue weighted by Crippen LogP contribution is 2.14. The van der Waals surface area contributed by atoms with Crippen molar-refractivity contribution in [3.05, 3.63) is 59.7 Å². The van der Waals surface area contributed by atoms with Crippen molar-refractivity contribution >= 4 is 17.5 Å². The Bertz CT molecular complexity index is 979. The van der Waals surface area contributed by atoms with Crippen LogP contribution in [-0.4, -0.2) is 50.5 Å². The highest BCUT2D eigenvalue weighted by molar-refractivity contribution is 5.94. The number of hydrogen-bond donors (Lipinski definition) is 1. The van der Waals surface area contributed by atoms with E-state index in [4.69, 9.17) is 0 Å². The quantitative estimate of drug-likeness (QED) is 0.666. The number of aromatic nitrogens is 4. The summed E-state index contributed by atoms with van der Waals surface area (Å²) in [6.45, 7) is 3.91. The van der Waals surface area contributed by atoms with Crippen LogP contribution in [0.2, 0.25) is 0 Å². The third-order valence-corrected chi connectivity index (χ3v) is 4.49. The molecule has 0 saturated heterocycles. The van der Waals surface area contributed by atoms with Crippen LogP contribution in [0.4, 0.5) is 5.69 Å². The van der Waals surface area contributed by atoms with E-state index in [1.165, 1.54) is 15.3 Å². The molecule has 3 rings (SSSR count). The number of aryl methyl sites for hydroxylation is 2. The van der Waals surface area contributed by atoms with Crippen molar-refractivity contribution in [2.45, 2.75) is 26.8 Å². The summed E-state index contributed by atoms with van der Waals surface area (Å²) in [6.07, 6.45) is 0.957. The number of carbonyl (C=O) groups is 2. The smallest absolute Gasteiger partial charge is 0.246 e. The second kappa shape index (κ2) is 9.09. The fourth-order valence-electron chi connectivity index (χ4n) is 2.70. The van der Waals surface area contributed by atoms with Crippen LogP contribution in [0.3, 0.4) is 0 Å². The standard InChI is InChI=1S/C21H24N6O2/c1-4-16-7-9-17(10-8-16)21-23-25-27(24-21)14-20(29)26(3)13-19(28)22-18-11-5-15(2)6-12-18/h5-12H,4,13-14H2,1-3H3,(H,22,28). The molecular weight excluding hydrogens is 368 g/mol. The Morgan fingerprint density at radius 2 is 1.76 bits per heavy atom. The molecule has 0 unspecified atom stereocenters. The third-order valence-electron chi connectivity index (χ3n) is 4.49. The van der Waals surface area contributed by atoms with E-state index in [9.17, 15) is 9.59 Å². The van der Waals surface area contributed by atoms with Gasteiger partial charge in [-0.25, -0.2) is 0 Å². The predicted octanol–water partition coefficient (Wildman–Crippen LogP) is 2.31. The summed E-state index contributed by atoms with van der Waals surface area (Å²) in [4.78, 5) is 27.1. The van der Waals surface area contributed by atoms with Gasteiger partial charge in [0.2, 0.25) is 17.6 Å². The second-order valence-corrected chi connectivity index (χ2v) is 6.86. The van der Waals surface area contributed by atoms with Crippen molar-refractivity contribution in [2.75, 3.05) is 18.9 Å². The molecule has 0 fully saturated rings. The van der Waals surface area contributed by atoms with Gasteiger partial charge in [-0.2, -0.15) is 4.80 Å². The summed E-state index contributed by atoms with van der Waals surface area (Å²) in [5, 5.41) is 15.0. The first-order valence-corrected chi connectivity index (χ1v) is 9.42. The minimum absolute atomic E-state index is 0.0628. The lowest BCUT2D eigenvalue weighted by Gasteiger charge is -2.16. The topological polar surface area (TPSA) is 93.0 Å². The van der Waals surface area contributed by atoms with Gasteiger partial charge in [0.15, 0.2) is 0 Å². The molecule has 0 saturated carbocycles. The fraction of sp³-hybridized carbons (Fsp3) is 0.286. The van der Waals surface area contributed by atoms with E-state index in [0.29, 0.717) is 11.5 Å². The summed E-state index contributed by atoms with van der Waals surface area (Å²) in [5.74, 6) is -0.0949. The fourth-order valence-corrected chi connectivity index (χ4v) is 2.70.